The van der Waals surface area contributed by atoms with Crippen LogP contribution in [0.1, 0.15) is 47.3 Å². The number of aromatic nitrogens is 1. The number of amides is 1. The van der Waals surface area contributed by atoms with Gasteiger partial charge in [-0.25, -0.2) is 0 Å². The highest BCUT2D eigenvalue weighted by molar-refractivity contribution is 5.93. The molecule has 1 aromatic heterocycles. The van der Waals surface area contributed by atoms with Gasteiger partial charge in [0.2, 0.25) is 0 Å². The van der Waals surface area contributed by atoms with Crippen LogP contribution < -0.4 is 4.74 Å². The highest BCUT2D eigenvalue weighted by atomic mass is 16.5. The fourth-order valence-corrected chi connectivity index (χ4v) is 3.50. The molecular formula is C23H30N2O4. The predicted octanol–water partition coefficient (Wildman–Crippen LogP) is 2.75. The largest absolute Gasteiger partial charge is 0.491 e. The van der Waals surface area contributed by atoms with Crippen LogP contribution in [0, 0.1) is 6.92 Å². The summed E-state index contributed by atoms with van der Waals surface area (Å²) in [6.45, 7) is 2.90. The van der Waals surface area contributed by atoms with Crippen LogP contribution in [0.4, 0.5) is 0 Å². The SMILES string of the molecule is Cc1ccc(C(=O)N2CCCCCc3ccccc3OC[C@@H](O)[C@@H](O)CC2)cn1. The molecule has 3 rings (SSSR count). The molecule has 1 aromatic carbocycles. The van der Waals surface area contributed by atoms with Gasteiger partial charge in [-0.15, -0.1) is 0 Å². The Balaban J connectivity index is 1.70. The van der Waals surface area contributed by atoms with Gasteiger partial charge in [-0.1, -0.05) is 24.6 Å². The van der Waals surface area contributed by atoms with E-state index in [1.165, 1.54) is 0 Å². The van der Waals surface area contributed by atoms with Crippen molar-refractivity contribution in [2.24, 2.45) is 0 Å². The lowest BCUT2D eigenvalue weighted by molar-refractivity contribution is -0.0153. The summed E-state index contributed by atoms with van der Waals surface area (Å²) < 4.78 is 5.77. The van der Waals surface area contributed by atoms with Gasteiger partial charge in [0.15, 0.2) is 0 Å². The van der Waals surface area contributed by atoms with Crippen molar-refractivity contribution in [2.45, 2.75) is 51.2 Å². The zero-order chi connectivity index (χ0) is 20.6. The summed E-state index contributed by atoms with van der Waals surface area (Å²) in [6.07, 6.45) is 3.67. The fourth-order valence-electron chi connectivity index (χ4n) is 3.50. The fraction of sp³-hybridized carbons (Fsp3) is 0.478. The van der Waals surface area contributed by atoms with Gasteiger partial charge in [0, 0.05) is 25.0 Å². The Kier molecular flexibility index (Phi) is 7.61. The summed E-state index contributed by atoms with van der Waals surface area (Å²) in [6, 6.07) is 11.4. The molecule has 29 heavy (non-hydrogen) atoms. The number of aryl methyl sites for hydroxylation is 2. The normalized spacial score (nSPS) is 21.6. The lowest BCUT2D eigenvalue weighted by atomic mass is 10.0. The van der Waals surface area contributed by atoms with Gasteiger partial charge in [-0.05, 0) is 56.4 Å². The van der Waals surface area contributed by atoms with Crippen LogP contribution in [-0.4, -0.2) is 57.9 Å². The number of hydrogen-bond acceptors (Lipinski definition) is 5. The molecule has 0 saturated carbocycles. The second kappa shape index (κ2) is 10.4. The molecular weight excluding hydrogens is 368 g/mol. The van der Waals surface area contributed by atoms with E-state index in [1.807, 2.05) is 37.3 Å². The second-order valence-corrected chi connectivity index (χ2v) is 7.63. The molecule has 0 saturated heterocycles. The molecule has 6 nitrogen and oxygen atoms in total. The average Bonchev–Trinajstić information content (AvgIpc) is 2.74. The number of rotatable bonds is 1. The minimum absolute atomic E-state index is 0.0218. The van der Waals surface area contributed by atoms with Crippen LogP contribution in [0.5, 0.6) is 5.75 Å². The number of para-hydroxylation sites is 1. The van der Waals surface area contributed by atoms with E-state index in [0.29, 0.717) is 18.7 Å². The van der Waals surface area contributed by atoms with E-state index < -0.39 is 12.2 Å². The van der Waals surface area contributed by atoms with Gasteiger partial charge < -0.3 is 19.8 Å². The van der Waals surface area contributed by atoms with E-state index in [-0.39, 0.29) is 18.9 Å². The van der Waals surface area contributed by atoms with Crippen molar-refractivity contribution < 1.29 is 19.7 Å². The van der Waals surface area contributed by atoms with Gasteiger partial charge in [0.05, 0.1) is 11.7 Å². The summed E-state index contributed by atoms with van der Waals surface area (Å²) in [4.78, 5) is 18.9. The van der Waals surface area contributed by atoms with Crippen molar-refractivity contribution in [1.82, 2.24) is 9.88 Å². The Bertz CT molecular complexity index is 794. The van der Waals surface area contributed by atoms with E-state index in [1.54, 1.807) is 17.2 Å². The number of pyridine rings is 1. The monoisotopic (exact) mass is 398 g/mol. The van der Waals surface area contributed by atoms with Crippen molar-refractivity contribution in [1.29, 1.82) is 0 Å². The summed E-state index contributed by atoms with van der Waals surface area (Å²) in [5.41, 5.74) is 2.51. The van der Waals surface area contributed by atoms with Gasteiger partial charge in [-0.2, -0.15) is 0 Å². The number of aliphatic hydroxyl groups excluding tert-OH is 2. The molecule has 156 valence electrons. The lowest BCUT2D eigenvalue weighted by Gasteiger charge is -2.26. The van der Waals surface area contributed by atoms with Crippen LogP contribution in [0.15, 0.2) is 42.6 Å². The molecule has 1 aliphatic heterocycles. The highest BCUT2D eigenvalue weighted by Gasteiger charge is 2.22. The van der Waals surface area contributed by atoms with Crippen LogP contribution >= 0.6 is 0 Å². The average molecular weight is 399 g/mol. The van der Waals surface area contributed by atoms with Crippen molar-refractivity contribution >= 4 is 5.91 Å². The quantitative estimate of drug-likeness (QED) is 0.772. The molecule has 2 aromatic rings. The lowest BCUT2D eigenvalue weighted by Crippen LogP contribution is -2.38. The molecule has 0 radical (unpaired) electrons. The van der Waals surface area contributed by atoms with Gasteiger partial charge in [0.25, 0.3) is 5.91 Å². The molecule has 6 heteroatoms. The van der Waals surface area contributed by atoms with Gasteiger partial charge in [0.1, 0.15) is 18.5 Å². The number of benzene rings is 1. The van der Waals surface area contributed by atoms with Crippen LogP contribution in [-0.2, 0) is 6.42 Å². The molecule has 2 heterocycles. The molecule has 0 spiro atoms. The number of hydrogen-bond donors (Lipinski definition) is 2. The number of fused-ring (bicyclic) bond motifs is 1. The first-order chi connectivity index (χ1) is 14.0. The minimum atomic E-state index is -1.01. The first-order valence-corrected chi connectivity index (χ1v) is 10.3. The van der Waals surface area contributed by atoms with E-state index in [0.717, 1.165) is 42.7 Å². The summed E-state index contributed by atoms with van der Waals surface area (Å²) in [5.74, 6) is 0.673. The maximum Gasteiger partial charge on any atom is 0.255 e. The maximum absolute atomic E-state index is 12.9. The summed E-state index contributed by atoms with van der Waals surface area (Å²) in [5, 5.41) is 20.7. The van der Waals surface area contributed by atoms with Crippen molar-refractivity contribution in [2.75, 3.05) is 19.7 Å². The number of carbonyl (C=O) groups is 1. The third kappa shape index (κ3) is 6.02. The smallest absolute Gasteiger partial charge is 0.255 e. The zero-order valence-electron chi connectivity index (χ0n) is 17.0. The zero-order valence-corrected chi connectivity index (χ0v) is 17.0. The Morgan fingerprint density at radius 2 is 1.90 bits per heavy atom. The maximum atomic E-state index is 12.9. The van der Waals surface area contributed by atoms with Crippen molar-refractivity contribution in [3.8, 4) is 5.75 Å². The molecule has 0 fully saturated rings. The van der Waals surface area contributed by atoms with Gasteiger partial charge >= 0.3 is 0 Å². The predicted molar refractivity (Wildman–Crippen MR) is 111 cm³/mol. The molecule has 1 aliphatic rings. The minimum Gasteiger partial charge on any atom is -0.491 e. The van der Waals surface area contributed by atoms with Gasteiger partial charge in [-0.3, -0.25) is 9.78 Å². The molecule has 1 amide bonds. The van der Waals surface area contributed by atoms with Crippen LogP contribution in [0.25, 0.3) is 0 Å². The van der Waals surface area contributed by atoms with E-state index in [9.17, 15) is 15.0 Å². The summed E-state index contributed by atoms with van der Waals surface area (Å²) >= 11 is 0. The molecule has 2 atom stereocenters. The third-order valence-corrected chi connectivity index (χ3v) is 5.34. The van der Waals surface area contributed by atoms with E-state index >= 15 is 0 Å². The second-order valence-electron chi connectivity index (χ2n) is 7.63. The molecule has 0 unspecified atom stereocenters. The standard InChI is InChI=1S/C23H30N2O4/c1-17-10-11-19(15-24-17)23(28)25-13-6-2-3-7-18-8-4-5-9-22(18)29-16-21(27)20(26)12-14-25/h4-5,8-11,15,20-21,26-27H,2-3,6-7,12-14,16H2,1H3/t20-,21+/m0/s1. The first kappa shape index (κ1) is 21.3. The summed E-state index contributed by atoms with van der Waals surface area (Å²) in [7, 11) is 0. The molecule has 0 aliphatic carbocycles. The number of nitrogens with zero attached hydrogens (tertiary/aromatic N) is 2. The first-order valence-electron chi connectivity index (χ1n) is 10.3. The Morgan fingerprint density at radius 1 is 1.07 bits per heavy atom. The highest BCUT2D eigenvalue weighted by Crippen LogP contribution is 2.22. The Labute approximate surface area is 172 Å². The number of carbonyl (C=O) groups excluding carboxylic acids is 1. The topological polar surface area (TPSA) is 82.9 Å². The molecule has 2 N–H and O–H groups in total. The number of aliphatic hydroxyl groups is 2. The van der Waals surface area contributed by atoms with E-state index in [2.05, 4.69) is 4.98 Å². The third-order valence-electron chi connectivity index (χ3n) is 5.34. The Hall–Kier alpha value is -2.44. The van der Waals surface area contributed by atoms with Crippen LogP contribution in [0.2, 0.25) is 0 Å². The Morgan fingerprint density at radius 3 is 2.69 bits per heavy atom. The molecule has 0 bridgehead atoms. The van der Waals surface area contributed by atoms with Crippen molar-refractivity contribution in [3.05, 3.63) is 59.4 Å². The number of ether oxygens (including phenoxy) is 1. The van der Waals surface area contributed by atoms with Crippen LogP contribution in [0.3, 0.4) is 0 Å². The van der Waals surface area contributed by atoms with Crippen molar-refractivity contribution in [3.63, 3.8) is 0 Å². The van der Waals surface area contributed by atoms with E-state index in [4.69, 9.17) is 4.74 Å².